The lowest BCUT2D eigenvalue weighted by Gasteiger charge is -2.31. The van der Waals surface area contributed by atoms with Gasteiger partial charge in [0, 0.05) is 16.1 Å². The molecule has 0 fully saturated rings. The van der Waals surface area contributed by atoms with E-state index in [0.717, 1.165) is 0 Å². The fraction of sp³-hybridized carbons (Fsp3) is 0.0526. The van der Waals surface area contributed by atoms with Crippen LogP contribution in [0.5, 0.6) is 0 Å². The lowest BCUT2D eigenvalue weighted by atomic mass is 10.0. The van der Waals surface area contributed by atoms with Crippen LogP contribution in [0.3, 0.4) is 0 Å². The molecule has 0 atom stereocenters. The van der Waals surface area contributed by atoms with Crippen LogP contribution in [0.25, 0.3) is 5.57 Å². The summed E-state index contributed by atoms with van der Waals surface area (Å²) in [5, 5.41) is 10.4. The standard InChI is InChI=1S/C19H13Cl2FN4OS/c20-11-2-1-3-12(21)17(11)18-14-5-7-16(25-26(14)9-24-19(18)27)28-15-6-4-10(22)8-13(15)23/h1-8H,9,23H2,(H,24,27). The van der Waals surface area contributed by atoms with Crippen molar-refractivity contribution >= 4 is 57.2 Å². The normalized spacial score (nSPS) is 16.0. The molecule has 5 nitrogen and oxygen atoms in total. The quantitative estimate of drug-likeness (QED) is 0.682. The predicted molar refractivity (Wildman–Crippen MR) is 111 cm³/mol. The Kier molecular flexibility index (Phi) is 5.05. The minimum Gasteiger partial charge on any atom is -0.398 e. The number of amides is 1. The zero-order chi connectivity index (χ0) is 19.8. The number of allylic oxidation sites excluding steroid dienone is 1. The molecule has 0 unspecified atom stereocenters. The molecular formula is C19H13Cl2FN4OS. The van der Waals surface area contributed by atoms with Crippen molar-refractivity contribution in [2.75, 3.05) is 12.4 Å². The number of fused-ring (bicyclic) bond motifs is 1. The van der Waals surface area contributed by atoms with Gasteiger partial charge in [0.1, 0.15) is 17.5 Å². The van der Waals surface area contributed by atoms with Crippen molar-refractivity contribution in [1.29, 1.82) is 0 Å². The number of carbonyl (C=O) groups excluding carboxylic acids is 1. The molecule has 2 aliphatic rings. The minimum atomic E-state index is -0.395. The number of thioether (sulfide) groups is 1. The molecular weight excluding hydrogens is 422 g/mol. The molecule has 1 amide bonds. The van der Waals surface area contributed by atoms with Crippen LogP contribution in [0, 0.1) is 5.82 Å². The average molecular weight is 435 g/mol. The third kappa shape index (κ3) is 3.48. The topological polar surface area (TPSA) is 70.7 Å². The molecule has 0 radical (unpaired) electrons. The molecule has 9 heteroatoms. The SMILES string of the molecule is Nc1cc(F)ccc1SC1=NN2CNC(=O)C(c3c(Cl)cccc3Cl)=C2C=C1. The molecule has 3 N–H and O–H groups in total. The van der Waals surface area contributed by atoms with Crippen LogP contribution in [0.4, 0.5) is 10.1 Å². The van der Waals surface area contributed by atoms with E-state index in [2.05, 4.69) is 10.4 Å². The summed E-state index contributed by atoms with van der Waals surface area (Å²) in [4.78, 5) is 13.2. The Balaban J connectivity index is 1.71. The van der Waals surface area contributed by atoms with Crippen LogP contribution >= 0.6 is 35.0 Å². The van der Waals surface area contributed by atoms with E-state index < -0.39 is 5.82 Å². The van der Waals surface area contributed by atoms with Crippen molar-refractivity contribution in [2.24, 2.45) is 5.10 Å². The van der Waals surface area contributed by atoms with Crippen LogP contribution in [0.1, 0.15) is 5.56 Å². The number of nitrogen functional groups attached to an aromatic ring is 1. The van der Waals surface area contributed by atoms with Gasteiger partial charge >= 0.3 is 0 Å². The highest BCUT2D eigenvalue weighted by molar-refractivity contribution is 8.14. The number of nitrogens with one attached hydrogen (secondary N) is 1. The van der Waals surface area contributed by atoms with Crippen molar-refractivity contribution in [3.05, 3.63) is 75.7 Å². The molecule has 0 spiro atoms. The van der Waals surface area contributed by atoms with Gasteiger partial charge in [0.25, 0.3) is 5.91 Å². The Morgan fingerprint density at radius 2 is 1.93 bits per heavy atom. The largest absolute Gasteiger partial charge is 0.398 e. The second-order valence-electron chi connectivity index (χ2n) is 5.98. The van der Waals surface area contributed by atoms with Crippen molar-refractivity contribution < 1.29 is 9.18 Å². The molecule has 0 aliphatic carbocycles. The van der Waals surface area contributed by atoms with Crippen molar-refractivity contribution in [1.82, 2.24) is 10.3 Å². The first-order valence-corrected chi connectivity index (χ1v) is 9.75. The van der Waals surface area contributed by atoms with Crippen molar-refractivity contribution in [3.8, 4) is 0 Å². The first-order chi connectivity index (χ1) is 13.4. The first kappa shape index (κ1) is 18.9. The fourth-order valence-corrected chi connectivity index (χ4v) is 4.28. The maximum Gasteiger partial charge on any atom is 0.255 e. The predicted octanol–water partition coefficient (Wildman–Crippen LogP) is 4.49. The molecule has 0 bridgehead atoms. The van der Waals surface area contributed by atoms with E-state index >= 15 is 0 Å². The molecule has 2 aromatic rings. The number of anilines is 1. The van der Waals surface area contributed by atoms with Gasteiger partial charge in [0.2, 0.25) is 0 Å². The zero-order valence-corrected chi connectivity index (χ0v) is 16.6. The highest BCUT2D eigenvalue weighted by Crippen LogP contribution is 2.37. The molecule has 2 heterocycles. The van der Waals surface area contributed by atoms with E-state index in [-0.39, 0.29) is 12.6 Å². The fourth-order valence-electron chi connectivity index (χ4n) is 2.88. The molecule has 142 valence electrons. The molecule has 0 aromatic heterocycles. The Hall–Kier alpha value is -2.48. The number of hydrazone groups is 1. The summed E-state index contributed by atoms with van der Waals surface area (Å²) in [5.74, 6) is -0.673. The number of halogens is 3. The summed E-state index contributed by atoms with van der Waals surface area (Å²) >= 11 is 13.9. The number of hydrogen-bond donors (Lipinski definition) is 2. The number of benzene rings is 2. The molecule has 0 saturated heterocycles. The zero-order valence-electron chi connectivity index (χ0n) is 14.2. The van der Waals surface area contributed by atoms with Gasteiger partial charge in [-0.3, -0.25) is 4.79 Å². The number of hydrogen-bond acceptors (Lipinski definition) is 5. The van der Waals surface area contributed by atoms with E-state index in [1.807, 2.05) is 0 Å². The summed E-state index contributed by atoms with van der Waals surface area (Å²) in [6.07, 6.45) is 3.55. The minimum absolute atomic E-state index is 0.201. The maximum absolute atomic E-state index is 13.2. The van der Waals surface area contributed by atoms with Crippen LogP contribution < -0.4 is 11.1 Å². The highest BCUT2D eigenvalue weighted by atomic mass is 35.5. The van der Waals surface area contributed by atoms with Gasteiger partial charge in [-0.05, 0) is 42.5 Å². The van der Waals surface area contributed by atoms with Crippen molar-refractivity contribution in [3.63, 3.8) is 0 Å². The van der Waals surface area contributed by atoms with E-state index in [0.29, 0.717) is 42.5 Å². The van der Waals surface area contributed by atoms with E-state index in [1.54, 1.807) is 41.4 Å². The number of rotatable bonds is 2. The Bertz CT molecular complexity index is 1060. The lowest BCUT2D eigenvalue weighted by molar-refractivity contribution is -0.116. The van der Waals surface area contributed by atoms with Crippen LogP contribution in [0.15, 0.2) is 64.2 Å². The van der Waals surface area contributed by atoms with Crippen LogP contribution in [-0.4, -0.2) is 22.6 Å². The molecule has 2 aliphatic heterocycles. The summed E-state index contributed by atoms with van der Waals surface area (Å²) < 4.78 is 13.2. The van der Waals surface area contributed by atoms with Gasteiger partial charge < -0.3 is 11.1 Å². The second-order valence-corrected chi connectivity index (χ2v) is 7.85. The first-order valence-electron chi connectivity index (χ1n) is 8.18. The van der Waals surface area contributed by atoms with E-state index in [1.165, 1.54) is 23.9 Å². The van der Waals surface area contributed by atoms with Gasteiger partial charge in [-0.25, -0.2) is 9.40 Å². The van der Waals surface area contributed by atoms with E-state index in [9.17, 15) is 9.18 Å². The Labute approximate surface area is 174 Å². The molecule has 4 rings (SSSR count). The van der Waals surface area contributed by atoms with Gasteiger partial charge in [-0.1, -0.05) is 41.0 Å². The third-order valence-corrected chi connectivity index (χ3v) is 5.80. The van der Waals surface area contributed by atoms with Gasteiger partial charge in [-0.2, -0.15) is 5.10 Å². The Morgan fingerprint density at radius 3 is 2.64 bits per heavy atom. The number of nitrogens with zero attached hydrogens (tertiary/aromatic N) is 2. The van der Waals surface area contributed by atoms with Crippen LogP contribution in [0.2, 0.25) is 10.0 Å². The summed E-state index contributed by atoms with van der Waals surface area (Å²) in [7, 11) is 0. The monoisotopic (exact) mass is 434 g/mol. The maximum atomic E-state index is 13.2. The van der Waals surface area contributed by atoms with Gasteiger partial charge in [0.15, 0.2) is 0 Å². The summed E-state index contributed by atoms with van der Waals surface area (Å²) in [6, 6.07) is 9.28. The molecule has 28 heavy (non-hydrogen) atoms. The third-order valence-electron chi connectivity index (χ3n) is 4.15. The van der Waals surface area contributed by atoms with Crippen LogP contribution in [-0.2, 0) is 4.79 Å². The number of nitrogens with two attached hydrogens (primary N) is 1. The van der Waals surface area contributed by atoms with E-state index in [4.69, 9.17) is 28.9 Å². The molecule has 2 aromatic carbocycles. The number of carbonyl (C=O) groups is 1. The Morgan fingerprint density at radius 1 is 1.18 bits per heavy atom. The average Bonchev–Trinajstić information content (AvgIpc) is 2.65. The summed E-state index contributed by atoms with van der Waals surface area (Å²) in [5.41, 5.74) is 7.61. The van der Waals surface area contributed by atoms with Gasteiger partial charge in [0.05, 0.1) is 21.3 Å². The highest BCUT2D eigenvalue weighted by Gasteiger charge is 2.30. The van der Waals surface area contributed by atoms with Gasteiger partial charge in [-0.15, -0.1) is 0 Å². The summed E-state index contributed by atoms with van der Waals surface area (Å²) in [6.45, 7) is 0.201. The second kappa shape index (κ2) is 7.50. The smallest absolute Gasteiger partial charge is 0.255 e. The lowest BCUT2D eigenvalue weighted by Crippen LogP contribution is -2.42. The molecule has 0 saturated carbocycles. The van der Waals surface area contributed by atoms with Crippen molar-refractivity contribution in [2.45, 2.75) is 4.90 Å².